The average Bonchev–Trinajstić information content (AvgIpc) is 2.53. The molecule has 23 heavy (non-hydrogen) atoms. The van der Waals surface area contributed by atoms with E-state index >= 15 is 0 Å². The molecule has 0 saturated heterocycles. The Morgan fingerprint density at radius 2 is 0.652 bits per heavy atom. The smallest absolute Gasteiger partial charge is 0.0134 e. The van der Waals surface area contributed by atoms with E-state index in [1.807, 2.05) is 0 Å². The summed E-state index contributed by atoms with van der Waals surface area (Å²) in [6.45, 7) is 6.43. The summed E-state index contributed by atoms with van der Waals surface area (Å²) in [5.74, 6) is 0. The van der Waals surface area contributed by atoms with Gasteiger partial charge in [0.25, 0.3) is 0 Å². The monoisotopic (exact) mass is 432 g/mol. The molecule has 0 unspecified atom stereocenters. The van der Waals surface area contributed by atoms with E-state index in [4.69, 9.17) is 0 Å². The van der Waals surface area contributed by atoms with E-state index in [2.05, 4.69) is 93.6 Å². The SMILES string of the molecule is Cc1ccc(P(c2ccc(C)cc2)c2ccc(C)cc2)cc1.I. The number of hydrogen-bond acceptors (Lipinski definition) is 0. The van der Waals surface area contributed by atoms with Crippen molar-refractivity contribution < 1.29 is 0 Å². The molecular weight excluding hydrogens is 410 g/mol. The summed E-state index contributed by atoms with van der Waals surface area (Å²) >= 11 is 0. The van der Waals surface area contributed by atoms with E-state index in [1.165, 1.54) is 32.6 Å². The lowest BCUT2D eigenvalue weighted by atomic mass is 10.2. The first-order valence-corrected chi connectivity index (χ1v) is 8.98. The van der Waals surface area contributed by atoms with Gasteiger partial charge in [0.1, 0.15) is 0 Å². The van der Waals surface area contributed by atoms with Crippen LogP contribution in [-0.2, 0) is 0 Å². The van der Waals surface area contributed by atoms with Crippen LogP contribution in [0.1, 0.15) is 16.7 Å². The van der Waals surface area contributed by atoms with Gasteiger partial charge < -0.3 is 0 Å². The number of benzene rings is 3. The van der Waals surface area contributed by atoms with Gasteiger partial charge in [-0.3, -0.25) is 0 Å². The zero-order chi connectivity index (χ0) is 15.5. The average molecular weight is 432 g/mol. The molecule has 0 N–H and O–H groups in total. The fraction of sp³-hybridized carbons (Fsp3) is 0.143. The minimum Gasteiger partial charge on any atom is -0.107 e. The Bertz CT molecular complexity index is 635. The van der Waals surface area contributed by atoms with E-state index in [1.54, 1.807) is 0 Å². The standard InChI is InChI=1S/C21H21P.HI/c1-16-4-10-19(11-5-16)22(20-12-6-17(2)7-13-20)21-14-8-18(3)9-15-21;/h4-15H,1-3H3;1H. The quantitative estimate of drug-likeness (QED) is 0.404. The van der Waals surface area contributed by atoms with E-state index < -0.39 is 7.92 Å². The Balaban J connectivity index is 0.00000192. The molecule has 0 heterocycles. The number of aryl methyl sites for hydroxylation is 3. The van der Waals surface area contributed by atoms with E-state index in [-0.39, 0.29) is 24.0 Å². The van der Waals surface area contributed by atoms with Gasteiger partial charge in [-0.2, -0.15) is 0 Å². The van der Waals surface area contributed by atoms with Gasteiger partial charge in [0.15, 0.2) is 0 Å². The van der Waals surface area contributed by atoms with Crippen LogP contribution in [0.3, 0.4) is 0 Å². The van der Waals surface area contributed by atoms with Crippen LogP contribution < -0.4 is 15.9 Å². The maximum atomic E-state index is 2.28. The molecule has 0 aromatic heterocycles. The first kappa shape index (κ1) is 18.2. The number of hydrogen-bond donors (Lipinski definition) is 0. The van der Waals surface area contributed by atoms with Crippen LogP contribution in [0, 0.1) is 20.8 Å². The number of rotatable bonds is 3. The third-order valence-electron chi connectivity index (χ3n) is 3.88. The molecule has 3 rings (SSSR count). The molecule has 0 aliphatic rings. The molecule has 3 aromatic carbocycles. The summed E-state index contributed by atoms with van der Waals surface area (Å²) in [6, 6.07) is 27.0. The second-order valence-electron chi connectivity index (χ2n) is 5.84. The highest BCUT2D eigenvalue weighted by Gasteiger charge is 2.16. The predicted molar refractivity (Wildman–Crippen MR) is 115 cm³/mol. The van der Waals surface area contributed by atoms with Gasteiger partial charge in [-0.25, -0.2) is 0 Å². The van der Waals surface area contributed by atoms with Gasteiger partial charge in [-0.15, -0.1) is 24.0 Å². The Labute approximate surface area is 157 Å². The molecule has 0 fully saturated rings. The van der Waals surface area contributed by atoms with Crippen molar-refractivity contribution in [3.05, 3.63) is 89.5 Å². The van der Waals surface area contributed by atoms with Crippen LogP contribution in [0.15, 0.2) is 72.8 Å². The highest BCUT2D eigenvalue weighted by Crippen LogP contribution is 2.32. The zero-order valence-electron chi connectivity index (χ0n) is 13.8. The van der Waals surface area contributed by atoms with Gasteiger partial charge in [0.2, 0.25) is 0 Å². The molecule has 2 heteroatoms. The van der Waals surface area contributed by atoms with Gasteiger partial charge in [0.05, 0.1) is 0 Å². The maximum absolute atomic E-state index is 2.28. The fourth-order valence-corrected chi connectivity index (χ4v) is 4.76. The number of halogens is 1. The lowest BCUT2D eigenvalue weighted by molar-refractivity contribution is 1.48. The van der Waals surface area contributed by atoms with Crippen molar-refractivity contribution >= 4 is 47.8 Å². The zero-order valence-corrected chi connectivity index (χ0v) is 17.0. The van der Waals surface area contributed by atoms with Crippen LogP contribution in [0.4, 0.5) is 0 Å². The van der Waals surface area contributed by atoms with Crippen molar-refractivity contribution in [2.24, 2.45) is 0 Å². The van der Waals surface area contributed by atoms with Crippen molar-refractivity contribution in [3.8, 4) is 0 Å². The lowest BCUT2D eigenvalue weighted by Crippen LogP contribution is -2.20. The molecule has 0 aliphatic heterocycles. The molecule has 0 spiro atoms. The van der Waals surface area contributed by atoms with Crippen LogP contribution >= 0.6 is 31.9 Å². The minimum absolute atomic E-state index is 0. The molecule has 0 saturated carbocycles. The second kappa shape index (κ2) is 8.08. The molecular formula is C21H22IP. The Kier molecular flexibility index (Phi) is 6.38. The van der Waals surface area contributed by atoms with Crippen LogP contribution in [0.25, 0.3) is 0 Å². The highest BCUT2D eigenvalue weighted by molar-refractivity contribution is 14.0. The van der Waals surface area contributed by atoms with Gasteiger partial charge in [-0.1, -0.05) is 89.5 Å². The maximum Gasteiger partial charge on any atom is -0.0134 e. The van der Waals surface area contributed by atoms with Crippen molar-refractivity contribution in [2.45, 2.75) is 20.8 Å². The van der Waals surface area contributed by atoms with Gasteiger partial charge in [0, 0.05) is 0 Å². The summed E-state index contributed by atoms with van der Waals surface area (Å²) in [5.41, 5.74) is 3.93. The lowest BCUT2D eigenvalue weighted by Gasteiger charge is -2.20. The summed E-state index contributed by atoms with van der Waals surface area (Å²) in [7, 11) is -0.483. The molecule has 0 atom stereocenters. The highest BCUT2D eigenvalue weighted by atomic mass is 127. The molecule has 3 aromatic rings. The predicted octanol–water partition coefficient (Wildman–Crippen LogP) is 4.99. The molecule has 118 valence electrons. The van der Waals surface area contributed by atoms with E-state index in [0.29, 0.717) is 0 Å². The second-order valence-corrected chi connectivity index (χ2v) is 8.06. The Morgan fingerprint density at radius 3 is 0.870 bits per heavy atom. The van der Waals surface area contributed by atoms with Crippen molar-refractivity contribution in [1.29, 1.82) is 0 Å². The van der Waals surface area contributed by atoms with Gasteiger partial charge in [-0.05, 0) is 44.6 Å². The Hall–Kier alpha value is -1.18. The largest absolute Gasteiger partial charge is 0.107 e. The summed E-state index contributed by atoms with van der Waals surface area (Å²) in [4.78, 5) is 0. The van der Waals surface area contributed by atoms with Crippen LogP contribution in [0.2, 0.25) is 0 Å². The van der Waals surface area contributed by atoms with E-state index in [0.717, 1.165) is 0 Å². The normalized spacial score (nSPS) is 10.4. The van der Waals surface area contributed by atoms with Crippen molar-refractivity contribution in [2.75, 3.05) is 0 Å². The fourth-order valence-electron chi connectivity index (χ4n) is 2.53. The molecule has 0 nitrogen and oxygen atoms in total. The third kappa shape index (κ3) is 4.43. The van der Waals surface area contributed by atoms with Crippen LogP contribution in [0.5, 0.6) is 0 Å². The first-order valence-electron chi connectivity index (χ1n) is 7.63. The summed E-state index contributed by atoms with van der Waals surface area (Å²) < 4.78 is 0. The third-order valence-corrected chi connectivity index (χ3v) is 6.32. The molecule has 0 bridgehead atoms. The minimum atomic E-state index is -0.483. The van der Waals surface area contributed by atoms with E-state index in [9.17, 15) is 0 Å². The van der Waals surface area contributed by atoms with Gasteiger partial charge >= 0.3 is 0 Å². The summed E-state index contributed by atoms with van der Waals surface area (Å²) in [6.07, 6.45) is 0. The first-order chi connectivity index (χ1) is 10.6. The summed E-state index contributed by atoms with van der Waals surface area (Å²) in [5, 5.41) is 4.23. The molecule has 0 aliphatic carbocycles. The topological polar surface area (TPSA) is 0 Å². The van der Waals surface area contributed by atoms with Crippen molar-refractivity contribution in [1.82, 2.24) is 0 Å². The molecule has 0 radical (unpaired) electrons. The molecule has 0 amide bonds. The van der Waals surface area contributed by atoms with Crippen LogP contribution in [-0.4, -0.2) is 0 Å². The Morgan fingerprint density at radius 1 is 0.435 bits per heavy atom. The van der Waals surface area contributed by atoms with Crippen molar-refractivity contribution in [3.63, 3.8) is 0 Å².